The summed E-state index contributed by atoms with van der Waals surface area (Å²) in [5, 5.41) is 3.48. The Morgan fingerprint density at radius 2 is 1.79 bits per heavy atom. The zero-order valence-corrected chi connectivity index (χ0v) is 12.1. The smallest absolute Gasteiger partial charge is 0.118 e. The Morgan fingerprint density at radius 3 is 2.42 bits per heavy atom. The van der Waals surface area contributed by atoms with Gasteiger partial charge in [-0.25, -0.2) is 0 Å². The number of hydrogen-bond acceptors (Lipinski definition) is 4. The molecule has 4 nitrogen and oxygen atoms in total. The molecule has 1 aromatic carbocycles. The van der Waals surface area contributed by atoms with Gasteiger partial charge < -0.3 is 19.5 Å². The van der Waals surface area contributed by atoms with E-state index >= 15 is 0 Å². The highest BCUT2D eigenvalue weighted by molar-refractivity contribution is 5.28. The van der Waals surface area contributed by atoms with Gasteiger partial charge in [0.2, 0.25) is 0 Å². The standard InChI is InChI=1S/C15H25NO3/c1-13(14-5-7-15(18-3)8-6-14)16-9-4-10-19-12-11-17-2/h5-8,13,16H,4,9-12H2,1-3H3/t13-/m1/s1. The van der Waals surface area contributed by atoms with Gasteiger partial charge in [0.1, 0.15) is 5.75 Å². The molecule has 0 amide bonds. The first-order valence-corrected chi connectivity index (χ1v) is 6.72. The zero-order valence-electron chi connectivity index (χ0n) is 12.1. The van der Waals surface area contributed by atoms with Gasteiger partial charge in [-0.05, 0) is 37.6 Å². The fourth-order valence-corrected chi connectivity index (χ4v) is 1.75. The maximum Gasteiger partial charge on any atom is 0.118 e. The molecule has 0 bridgehead atoms. The minimum Gasteiger partial charge on any atom is -0.497 e. The van der Waals surface area contributed by atoms with E-state index in [1.165, 1.54) is 5.56 Å². The molecule has 0 saturated carbocycles. The average Bonchev–Trinajstić information content (AvgIpc) is 2.46. The van der Waals surface area contributed by atoms with Gasteiger partial charge in [0.15, 0.2) is 0 Å². The van der Waals surface area contributed by atoms with Crippen molar-refractivity contribution >= 4 is 0 Å². The second-order valence-electron chi connectivity index (χ2n) is 4.41. The minimum atomic E-state index is 0.338. The zero-order chi connectivity index (χ0) is 13.9. The quantitative estimate of drug-likeness (QED) is 0.661. The molecule has 108 valence electrons. The molecule has 0 aliphatic heterocycles. The molecule has 0 saturated heterocycles. The van der Waals surface area contributed by atoms with Crippen molar-refractivity contribution in [3.8, 4) is 5.75 Å². The molecule has 0 spiro atoms. The van der Waals surface area contributed by atoms with Crippen LogP contribution in [0.15, 0.2) is 24.3 Å². The van der Waals surface area contributed by atoms with Crippen LogP contribution < -0.4 is 10.1 Å². The third-order valence-corrected chi connectivity index (χ3v) is 2.96. The molecule has 1 aromatic rings. The molecule has 0 radical (unpaired) electrons. The lowest BCUT2D eigenvalue weighted by Gasteiger charge is -2.14. The second kappa shape index (κ2) is 9.78. The van der Waals surface area contributed by atoms with E-state index in [2.05, 4.69) is 24.4 Å². The first-order valence-electron chi connectivity index (χ1n) is 6.72. The molecule has 1 rings (SSSR count). The molecule has 19 heavy (non-hydrogen) atoms. The van der Waals surface area contributed by atoms with Crippen molar-refractivity contribution < 1.29 is 14.2 Å². The molecule has 0 unspecified atom stereocenters. The van der Waals surface area contributed by atoms with Gasteiger partial charge in [-0.1, -0.05) is 12.1 Å². The summed E-state index contributed by atoms with van der Waals surface area (Å²) in [4.78, 5) is 0. The van der Waals surface area contributed by atoms with Crippen LogP contribution in [0.5, 0.6) is 5.75 Å². The van der Waals surface area contributed by atoms with Crippen LogP contribution in [0.2, 0.25) is 0 Å². The lowest BCUT2D eigenvalue weighted by atomic mass is 10.1. The van der Waals surface area contributed by atoms with E-state index in [0.717, 1.165) is 25.3 Å². The summed E-state index contributed by atoms with van der Waals surface area (Å²) in [7, 11) is 3.36. The monoisotopic (exact) mass is 267 g/mol. The number of methoxy groups -OCH3 is 2. The van der Waals surface area contributed by atoms with Crippen LogP contribution in [0.25, 0.3) is 0 Å². The maximum atomic E-state index is 5.41. The summed E-state index contributed by atoms with van der Waals surface area (Å²) in [6, 6.07) is 8.49. The van der Waals surface area contributed by atoms with Crippen molar-refractivity contribution in [1.29, 1.82) is 0 Å². The van der Waals surface area contributed by atoms with Crippen molar-refractivity contribution in [2.24, 2.45) is 0 Å². The molecule has 0 heterocycles. The average molecular weight is 267 g/mol. The molecule has 0 aromatic heterocycles. The van der Waals surface area contributed by atoms with Gasteiger partial charge in [-0.15, -0.1) is 0 Å². The first kappa shape index (κ1) is 16.0. The summed E-state index contributed by atoms with van der Waals surface area (Å²) in [5.74, 6) is 0.891. The molecule has 1 N–H and O–H groups in total. The minimum absolute atomic E-state index is 0.338. The van der Waals surface area contributed by atoms with Crippen LogP contribution in [-0.4, -0.2) is 40.6 Å². The van der Waals surface area contributed by atoms with Crippen molar-refractivity contribution in [1.82, 2.24) is 5.32 Å². The SMILES string of the molecule is COCCOCCCN[C@H](C)c1ccc(OC)cc1. The Bertz CT molecular complexity index is 327. The largest absolute Gasteiger partial charge is 0.497 e. The summed E-state index contributed by atoms with van der Waals surface area (Å²) in [5.41, 5.74) is 1.26. The van der Waals surface area contributed by atoms with E-state index < -0.39 is 0 Å². The predicted molar refractivity (Wildman–Crippen MR) is 76.7 cm³/mol. The Kier molecular flexibility index (Phi) is 8.21. The van der Waals surface area contributed by atoms with Crippen LogP contribution >= 0.6 is 0 Å². The highest BCUT2D eigenvalue weighted by Gasteiger charge is 2.04. The lowest BCUT2D eigenvalue weighted by Crippen LogP contribution is -2.21. The van der Waals surface area contributed by atoms with Gasteiger partial charge in [-0.3, -0.25) is 0 Å². The summed E-state index contributed by atoms with van der Waals surface area (Å²) in [6.45, 7) is 5.21. The van der Waals surface area contributed by atoms with E-state index in [9.17, 15) is 0 Å². The number of benzene rings is 1. The lowest BCUT2D eigenvalue weighted by molar-refractivity contribution is 0.0693. The number of rotatable bonds is 10. The number of hydrogen-bond donors (Lipinski definition) is 1. The van der Waals surface area contributed by atoms with E-state index in [1.54, 1.807) is 14.2 Å². The van der Waals surface area contributed by atoms with Gasteiger partial charge in [0, 0.05) is 19.8 Å². The normalized spacial score (nSPS) is 12.4. The Morgan fingerprint density at radius 1 is 1.05 bits per heavy atom. The molecule has 0 aliphatic rings. The van der Waals surface area contributed by atoms with Crippen molar-refractivity contribution in [2.75, 3.05) is 40.6 Å². The van der Waals surface area contributed by atoms with Crippen LogP contribution in [0, 0.1) is 0 Å². The first-order chi connectivity index (χ1) is 9.27. The highest BCUT2D eigenvalue weighted by atomic mass is 16.5. The fourth-order valence-electron chi connectivity index (χ4n) is 1.75. The summed E-state index contributed by atoms with van der Waals surface area (Å²) in [6.07, 6.45) is 1.00. The molecule has 0 fully saturated rings. The topological polar surface area (TPSA) is 39.7 Å². The molecule has 1 atom stereocenters. The highest BCUT2D eigenvalue weighted by Crippen LogP contribution is 2.16. The van der Waals surface area contributed by atoms with E-state index in [0.29, 0.717) is 19.3 Å². The molecular formula is C15H25NO3. The van der Waals surface area contributed by atoms with E-state index in [1.807, 2.05) is 12.1 Å². The Labute approximate surface area is 116 Å². The van der Waals surface area contributed by atoms with Gasteiger partial charge in [0.05, 0.1) is 20.3 Å². The molecule has 4 heteroatoms. The van der Waals surface area contributed by atoms with Crippen molar-refractivity contribution in [3.63, 3.8) is 0 Å². The van der Waals surface area contributed by atoms with Gasteiger partial charge in [0.25, 0.3) is 0 Å². The molecular weight excluding hydrogens is 242 g/mol. The van der Waals surface area contributed by atoms with Gasteiger partial charge in [-0.2, -0.15) is 0 Å². The third kappa shape index (κ3) is 6.57. The molecule has 0 aliphatic carbocycles. The Balaban J connectivity index is 2.14. The van der Waals surface area contributed by atoms with Crippen LogP contribution in [-0.2, 0) is 9.47 Å². The van der Waals surface area contributed by atoms with E-state index in [-0.39, 0.29) is 0 Å². The van der Waals surface area contributed by atoms with Crippen molar-refractivity contribution in [3.05, 3.63) is 29.8 Å². The predicted octanol–water partition coefficient (Wildman–Crippen LogP) is 2.40. The fraction of sp³-hybridized carbons (Fsp3) is 0.600. The number of ether oxygens (including phenoxy) is 3. The summed E-state index contributed by atoms with van der Waals surface area (Å²) >= 11 is 0. The van der Waals surface area contributed by atoms with E-state index in [4.69, 9.17) is 14.2 Å². The second-order valence-corrected chi connectivity index (χ2v) is 4.41. The van der Waals surface area contributed by atoms with Crippen LogP contribution in [0.1, 0.15) is 24.9 Å². The van der Waals surface area contributed by atoms with Gasteiger partial charge >= 0.3 is 0 Å². The summed E-state index contributed by atoms with van der Waals surface area (Å²) < 4.78 is 15.5. The van der Waals surface area contributed by atoms with Crippen LogP contribution in [0.4, 0.5) is 0 Å². The van der Waals surface area contributed by atoms with Crippen molar-refractivity contribution in [2.45, 2.75) is 19.4 Å². The van der Waals surface area contributed by atoms with Crippen LogP contribution in [0.3, 0.4) is 0 Å². The maximum absolute atomic E-state index is 5.41. The number of nitrogens with one attached hydrogen (secondary N) is 1. The third-order valence-electron chi connectivity index (χ3n) is 2.96. The Hall–Kier alpha value is -1.10.